The van der Waals surface area contributed by atoms with Crippen LogP contribution in [0.1, 0.15) is 20.3 Å². The highest BCUT2D eigenvalue weighted by atomic mass is 32.2. The summed E-state index contributed by atoms with van der Waals surface area (Å²) < 4.78 is 30.1. The van der Waals surface area contributed by atoms with Crippen molar-refractivity contribution < 1.29 is 13.2 Å². The SMILES string of the molecule is CC(C)CCN=C(N)NCCOc1ccc(NS(C)(=O)=O)cc1. The zero-order valence-electron chi connectivity index (χ0n) is 13.9. The summed E-state index contributed by atoms with van der Waals surface area (Å²) in [4.78, 5) is 4.22. The van der Waals surface area contributed by atoms with Crippen molar-refractivity contribution in [2.75, 3.05) is 30.7 Å². The Kier molecular flexibility index (Phi) is 7.67. The first kappa shape index (κ1) is 19.1. The third kappa shape index (κ3) is 9.62. The van der Waals surface area contributed by atoms with Crippen LogP contribution in [0.2, 0.25) is 0 Å². The molecule has 0 fully saturated rings. The van der Waals surface area contributed by atoms with Crippen LogP contribution in [0.15, 0.2) is 29.3 Å². The van der Waals surface area contributed by atoms with E-state index in [1.165, 1.54) is 0 Å². The van der Waals surface area contributed by atoms with E-state index >= 15 is 0 Å². The molecule has 0 aliphatic carbocycles. The molecule has 0 saturated carbocycles. The molecule has 130 valence electrons. The highest BCUT2D eigenvalue weighted by molar-refractivity contribution is 7.92. The molecule has 1 aromatic carbocycles. The van der Waals surface area contributed by atoms with E-state index in [2.05, 4.69) is 28.9 Å². The number of nitrogens with two attached hydrogens (primary N) is 1. The van der Waals surface area contributed by atoms with Gasteiger partial charge in [0.05, 0.1) is 12.8 Å². The van der Waals surface area contributed by atoms with Crippen LogP contribution in [0.4, 0.5) is 5.69 Å². The van der Waals surface area contributed by atoms with Crippen LogP contribution in [-0.4, -0.2) is 40.3 Å². The van der Waals surface area contributed by atoms with E-state index in [0.29, 0.717) is 43.0 Å². The lowest BCUT2D eigenvalue weighted by molar-refractivity contribution is 0.322. The van der Waals surface area contributed by atoms with Crippen molar-refractivity contribution in [1.82, 2.24) is 5.32 Å². The predicted molar refractivity (Wildman–Crippen MR) is 94.4 cm³/mol. The second kappa shape index (κ2) is 9.24. The molecule has 7 nitrogen and oxygen atoms in total. The molecule has 0 amide bonds. The van der Waals surface area contributed by atoms with Gasteiger partial charge in [-0.1, -0.05) is 13.8 Å². The van der Waals surface area contributed by atoms with Gasteiger partial charge in [0.1, 0.15) is 12.4 Å². The maximum Gasteiger partial charge on any atom is 0.229 e. The van der Waals surface area contributed by atoms with Gasteiger partial charge in [0.25, 0.3) is 0 Å². The first-order valence-electron chi connectivity index (χ1n) is 7.50. The number of rotatable bonds is 9. The largest absolute Gasteiger partial charge is 0.492 e. The van der Waals surface area contributed by atoms with Gasteiger partial charge < -0.3 is 15.8 Å². The Morgan fingerprint density at radius 2 is 1.96 bits per heavy atom. The number of hydrogen-bond donors (Lipinski definition) is 3. The molecule has 4 N–H and O–H groups in total. The van der Waals surface area contributed by atoms with Crippen molar-refractivity contribution in [1.29, 1.82) is 0 Å². The summed E-state index contributed by atoms with van der Waals surface area (Å²) in [5, 5.41) is 2.98. The average molecular weight is 342 g/mol. The Morgan fingerprint density at radius 3 is 2.52 bits per heavy atom. The van der Waals surface area contributed by atoms with Gasteiger partial charge in [-0.2, -0.15) is 0 Å². The summed E-state index contributed by atoms with van der Waals surface area (Å²) in [5.74, 6) is 1.68. The Hall–Kier alpha value is -1.96. The van der Waals surface area contributed by atoms with Crippen LogP contribution in [0.5, 0.6) is 5.75 Å². The number of sulfonamides is 1. The van der Waals surface area contributed by atoms with Crippen LogP contribution in [0.25, 0.3) is 0 Å². The quantitative estimate of drug-likeness (QED) is 0.357. The molecule has 0 spiro atoms. The molecule has 0 atom stereocenters. The molecular formula is C15H26N4O3S. The molecule has 0 aromatic heterocycles. The molecule has 23 heavy (non-hydrogen) atoms. The maximum atomic E-state index is 11.1. The summed E-state index contributed by atoms with van der Waals surface area (Å²) in [5.41, 5.74) is 6.24. The summed E-state index contributed by atoms with van der Waals surface area (Å²) in [7, 11) is -3.26. The Bertz CT molecular complexity index is 598. The molecule has 0 radical (unpaired) electrons. The standard InChI is InChI=1S/C15H26N4O3S/c1-12(2)8-9-17-15(16)18-10-11-22-14-6-4-13(5-7-14)19-23(3,20)21/h4-7,12,19H,8-11H2,1-3H3,(H3,16,17,18). The van der Waals surface area contributed by atoms with E-state index in [9.17, 15) is 8.42 Å². The molecule has 0 saturated heterocycles. The fourth-order valence-electron chi connectivity index (χ4n) is 1.68. The van der Waals surface area contributed by atoms with Crippen molar-refractivity contribution in [2.24, 2.45) is 16.6 Å². The van der Waals surface area contributed by atoms with Gasteiger partial charge in [-0.15, -0.1) is 0 Å². The summed E-state index contributed by atoms with van der Waals surface area (Å²) in [6, 6.07) is 6.69. The molecule has 0 heterocycles. The average Bonchev–Trinajstić information content (AvgIpc) is 2.43. The normalized spacial score (nSPS) is 12.3. The first-order chi connectivity index (χ1) is 10.8. The number of nitrogens with one attached hydrogen (secondary N) is 2. The molecule has 1 aromatic rings. The van der Waals surface area contributed by atoms with E-state index in [0.717, 1.165) is 12.7 Å². The van der Waals surface area contributed by atoms with E-state index in [1.807, 2.05) is 0 Å². The number of ether oxygens (including phenoxy) is 1. The van der Waals surface area contributed by atoms with Crippen LogP contribution < -0.4 is 20.5 Å². The zero-order valence-corrected chi connectivity index (χ0v) is 14.7. The van der Waals surface area contributed by atoms with Crippen LogP contribution in [-0.2, 0) is 10.0 Å². The van der Waals surface area contributed by atoms with Crippen LogP contribution >= 0.6 is 0 Å². The van der Waals surface area contributed by atoms with Gasteiger partial charge in [-0.3, -0.25) is 9.71 Å². The summed E-state index contributed by atoms with van der Waals surface area (Å²) in [6.45, 7) is 5.97. The van der Waals surface area contributed by atoms with Gasteiger partial charge in [0.15, 0.2) is 5.96 Å². The zero-order chi connectivity index (χ0) is 17.3. The summed E-state index contributed by atoms with van der Waals surface area (Å²) in [6.07, 6.45) is 2.11. The van der Waals surface area contributed by atoms with Gasteiger partial charge in [0, 0.05) is 12.2 Å². The van der Waals surface area contributed by atoms with Crippen molar-refractivity contribution in [3.63, 3.8) is 0 Å². The van der Waals surface area contributed by atoms with E-state index in [1.54, 1.807) is 24.3 Å². The minimum atomic E-state index is -3.26. The highest BCUT2D eigenvalue weighted by Gasteiger charge is 2.02. The molecule has 1 rings (SSSR count). The lowest BCUT2D eigenvalue weighted by Crippen LogP contribution is -2.34. The lowest BCUT2D eigenvalue weighted by Gasteiger charge is -2.09. The fourth-order valence-corrected chi connectivity index (χ4v) is 2.24. The summed E-state index contributed by atoms with van der Waals surface area (Å²) >= 11 is 0. The Morgan fingerprint density at radius 1 is 1.30 bits per heavy atom. The van der Waals surface area contributed by atoms with Crippen LogP contribution in [0.3, 0.4) is 0 Å². The van der Waals surface area contributed by atoms with Gasteiger partial charge >= 0.3 is 0 Å². The van der Waals surface area contributed by atoms with E-state index < -0.39 is 10.0 Å². The fraction of sp³-hybridized carbons (Fsp3) is 0.533. The van der Waals surface area contributed by atoms with Crippen molar-refractivity contribution in [2.45, 2.75) is 20.3 Å². The van der Waals surface area contributed by atoms with Crippen LogP contribution in [0, 0.1) is 5.92 Å². The topological polar surface area (TPSA) is 106 Å². The molecule has 0 bridgehead atoms. The molecular weight excluding hydrogens is 316 g/mol. The lowest BCUT2D eigenvalue weighted by atomic mass is 10.1. The van der Waals surface area contributed by atoms with E-state index in [4.69, 9.17) is 10.5 Å². The number of guanidine groups is 1. The third-order valence-electron chi connectivity index (χ3n) is 2.82. The minimum Gasteiger partial charge on any atom is -0.492 e. The smallest absolute Gasteiger partial charge is 0.229 e. The number of aliphatic imine (C=N–C) groups is 1. The highest BCUT2D eigenvalue weighted by Crippen LogP contribution is 2.16. The molecule has 0 unspecified atom stereocenters. The Balaban J connectivity index is 2.28. The number of anilines is 1. The number of benzene rings is 1. The van der Waals surface area contributed by atoms with Gasteiger partial charge in [-0.25, -0.2) is 8.42 Å². The maximum absolute atomic E-state index is 11.1. The second-order valence-corrected chi connectivity index (χ2v) is 7.37. The van der Waals surface area contributed by atoms with Crippen molar-refractivity contribution in [3.05, 3.63) is 24.3 Å². The van der Waals surface area contributed by atoms with Gasteiger partial charge in [0.2, 0.25) is 10.0 Å². The monoisotopic (exact) mass is 342 g/mol. The molecule has 0 aliphatic heterocycles. The van der Waals surface area contributed by atoms with Crippen molar-refractivity contribution in [3.8, 4) is 5.75 Å². The Labute approximate surface area is 138 Å². The predicted octanol–water partition coefficient (Wildman–Crippen LogP) is 1.39. The van der Waals surface area contributed by atoms with Gasteiger partial charge in [-0.05, 0) is 36.6 Å². The molecule has 8 heteroatoms. The first-order valence-corrected chi connectivity index (χ1v) is 9.40. The number of nitrogens with zero attached hydrogens (tertiary/aromatic N) is 1. The van der Waals surface area contributed by atoms with E-state index in [-0.39, 0.29) is 0 Å². The van der Waals surface area contributed by atoms with Crippen molar-refractivity contribution >= 4 is 21.7 Å². The third-order valence-corrected chi connectivity index (χ3v) is 3.43. The minimum absolute atomic E-state index is 0.418. The molecule has 0 aliphatic rings. The second-order valence-electron chi connectivity index (χ2n) is 5.62. The number of hydrogen-bond acceptors (Lipinski definition) is 4.